The smallest absolute Gasteiger partial charge is 0.128 e. The number of rotatable bonds is 7. The van der Waals surface area contributed by atoms with E-state index in [-0.39, 0.29) is 0 Å². The predicted octanol–water partition coefficient (Wildman–Crippen LogP) is 7.22. The number of ether oxygens (including phenoxy) is 1. The van der Waals surface area contributed by atoms with Crippen LogP contribution in [-0.4, -0.2) is 11.5 Å². The molecule has 3 nitrogen and oxygen atoms in total. The fraction of sp³-hybridized carbons (Fsp3) is 0.167. The molecule has 3 N–H and O–H groups in total. The monoisotopic (exact) mass is 424 g/mol. The van der Waals surface area contributed by atoms with Gasteiger partial charge in [-0.2, -0.15) is 0 Å². The van der Waals surface area contributed by atoms with E-state index in [1.165, 1.54) is 5.56 Å². The summed E-state index contributed by atoms with van der Waals surface area (Å²) < 4.78 is 6.02. The van der Waals surface area contributed by atoms with E-state index in [9.17, 15) is 0 Å². The lowest BCUT2D eigenvalue weighted by atomic mass is 10.00. The van der Waals surface area contributed by atoms with Gasteiger partial charge in [0.15, 0.2) is 0 Å². The zero-order valence-corrected chi connectivity index (χ0v) is 17.4. The number of nitrogens with one attached hydrogen (secondary N) is 1. The van der Waals surface area contributed by atoms with E-state index in [4.69, 9.17) is 33.7 Å². The molecule has 0 spiro atoms. The highest BCUT2D eigenvalue weighted by atomic mass is 35.5. The van der Waals surface area contributed by atoms with Crippen molar-refractivity contribution < 1.29 is 4.74 Å². The van der Waals surface area contributed by atoms with Gasteiger partial charge >= 0.3 is 0 Å². The molecule has 29 heavy (non-hydrogen) atoms. The number of aryl methyl sites for hydroxylation is 1. The van der Waals surface area contributed by atoms with Crippen molar-refractivity contribution in [3.05, 3.63) is 82.3 Å². The van der Waals surface area contributed by atoms with Crippen LogP contribution in [-0.2, 0) is 6.42 Å². The number of fused-ring (bicyclic) bond motifs is 1. The Bertz CT molecular complexity index is 1120. The molecule has 0 saturated carbocycles. The fourth-order valence-corrected chi connectivity index (χ4v) is 4.11. The second-order valence-electron chi connectivity index (χ2n) is 6.98. The first-order chi connectivity index (χ1) is 14.2. The lowest BCUT2D eigenvalue weighted by Gasteiger charge is -2.09. The second-order valence-corrected chi connectivity index (χ2v) is 7.82. The molecule has 148 valence electrons. The topological polar surface area (TPSA) is 51.0 Å². The third-order valence-corrected chi connectivity index (χ3v) is 5.43. The summed E-state index contributed by atoms with van der Waals surface area (Å²) in [5.41, 5.74) is 9.90. The van der Waals surface area contributed by atoms with Crippen molar-refractivity contribution in [1.29, 1.82) is 0 Å². The van der Waals surface area contributed by atoms with Gasteiger partial charge in [0.25, 0.3) is 0 Å². The Morgan fingerprint density at radius 1 is 0.862 bits per heavy atom. The van der Waals surface area contributed by atoms with Crippen LogP contribution in [0.5, 0.6) is 11.5 Å². The Kier molecular flexibility index (Phi) is 6.10. The summed E-state index contributed by atoms with van der Waals surface area (Å²) >= 11 is 12.8. The van der Waals surface area contributed by atoms with E-state index in [2.05, 4.69) is 11.1 Å². The van der Waals surface area contributed by atoms with E-state index in [0.717, 1.165) is 52.9 Å². The average molecular weight is 425 g/mol. The van der Waals surface area contributed by atoms with Gasteiger partial charge in [0, 0.05) is 21.7 Å². The standard InChI is InChI=1S/C24H22Cl2N2O/c25-17-14-21-20(11-4-5-12-27)23(28-24(21)22(26)15-17)16-7-6-10-19(13-16)29-18-8-2-1-3-9-18/h1-3,6-10,13-15,28H,4-5,11-12,27H2. The van der Waals surface area contributed by atoms with E-state index in [1.807, 2.05) is 54.6 Å². The molecule has 4 rings (SSSR count). The molecular weight excluding hydrogens is 403 g/mol. The summed E-state index contributed by atoms with van der Waals surface area (Å²) in [7, 11) is 0. The van der Waals surface area contributed by atoms with E-state index in [1.54, 1.807) is 6.07 Å². The van der Waals surface area contributed by atoms with Crippen molar-refractivity contribution in [1.82, 2.24) is 4.98 Å². The van der Waals surface area contributed by atoms with Crippen molar-refractivity contribution in [3.63, 3.8) is 0 Å². The Morgan fingerprint density at radius 2 is 1.66 bits per heavy atom. The summed E-state index contributed by atoms with van der Waals surface area (Å²) in [6.07, 6.45) is 2.87. The summed E-state index contributed by atoms with van der Waals surface area (Å²) in [6.45, 7) is 0.680. The molecule has 1 aromatic heterocycles. The van der Waals surface area contributed by atoms with Crippen molar-refractivity contribution in [2.45, 2.75) is 19.3 Å². The van der Waals surface area contributed by atoms with Crippen LogP contribution in [0.4, 0.5) is 0 Å². The molecule has 3 aromatic carbocycles. The molecule has 0 aliphatic rings. The number of unbranched alkanes of at least 4 members (excludes halogenated alkanes) is 1. The van der Waals surface area contributed by atoms with Crippen molar-refractivity contribution in [2.24, 2.45) is 5.73 Å². The minimum absolute atomic E-state index is 0.621. The molecule has 0 unspecified atom stereocenters. The second kappa shape index (κ2) is 8.91. The number of halogens is 2. The number of hydrogen-bond donors (Lipinski definition) is 2. The predicted molar refractivity (Wildman–Crippen MR) is 122 cm³/mol. The Balaban J connectivity index is 1.77. The quantitative estimate of drug-likeness (QED) is 0.307. The maximum absolute atomic E-state index is 6.47. The number of aromatic amines is 1. The summed E-state index contributed by atoms with van der Waals surface area (Å²) in [5.74, 6) is 1.59. The molecule has 5 heteroatoms. The van der Waals surface area contributed by atoms with Gasteiger partial charge < -0.3 is 15.5 Å². The molecule has 0 saturated heterocycles. The first-order valence-corrected chi connectivity index (χ1v) is 10.4. The summed E-state index contributed by atoms with van der Waals surface area (Å²) in [6, 6.07) is 21.6. The van der Waals surface area contributed by atoms with E-state index < -0.39 is 0 Å². The molecule has 1 heterocycles. The first kappa shape index (κ1) is 19.8. The van der Waals surface area contributed by atoms with Crippen LogP contribution in [0, 0.1) is 0 Å². The van der Waals surface area contributed by atoms with Crippen LogP contribution in [0.2, 0.25) is 10.0 Å². The molecular formula is C24H22Cl2N2O. The number of H-pyrrole nitrogens is 1. The summed E-state index contributed by atoms with van der Waals surface area (Å²) in [5, 5.41) is 2.31. The SMILES string of the molecule is NCCCCc1c(-c2cccc(Oc3ccccc3)c2)[nH]c2c(Cl)cc(Cl)cc12. The van der Waals surface area contributed by atoms with Crippen LogP contribution in [0.3, 0.4) is 0 Å². The lowest BCUT2D eigenvalue weighted by Crippen LogP contribution is -1.99. The molecule has 0 radical (unpaired) electrons. The van der Waals surface area contributed by atoms with Gasteiger partial charge in [0.1, 0.15) is 11.5 Å². The third-order valence-electron chi connectivity index (χ3n) is 4.91. The largest absolute Gasteiger partial charge is 0.457 e. The van der Waals surface area contributed by atoms with Crippen molar-refractivity contribution in [3.8, 4) is 22.8 Å². The lowest BCUT2D eigenvalue weighted by molar-refractivity contribution is 0.483. The fourth-order valence-electron chi connectivity index (χ4n) is 3.57. The third kappa shape index (κ3) is 4.43. The maximum atomic E-state index is 6.47. The Hall–Kier alpha value is -2.46. The molecule has 0 aliphatic heterocycles. The van der Waals surface area contributed by atoms with Crippen LogP contribution >= 0.6 is 23.2 Å². The highest BCUT2D eigenvalue weighted by Crippen LogP contribution is 2.38. The molecule has 0 fully saturated rings. The first-order valence-electron chi connectivity index (χ1n) is 9.68. The van der Waals surface area contributed by atoms with Gasteiger partial charge in [-0.15, -0.1) is 0 Å². The van der Waals surface area contributed by atoms with Crippen LogP contribution in [0.1, 0.15) is 18.4 Å². The minimum Gasteiger partial charge on any atom is -0.457 e. The van der Waals surface area contributed by atoms with Crippen LogP contribution in [0.15, 0.2) is 66.7 Å². The highest BCUT2D eigenvalue weighted by molar-refractivity contribution is 6.38. The van der Waals surface area contributed by atoms with Crippen LogP contribution in [0.25, 0.3) is 22.2 Å². The molecule has 0 atom stereocenters. The van der Waals surface area contributed by atoms with Gasteiger partial charge in [0.2, 0.25) is 0 Å². The maximum Gasteiger partial charge on any atom is 0.128 e. The number of nitrogens with two attached hydrogens (primary N) is 1. The zero-order valence-electron chi connectivity index (χ0n) is 15.9. The summed E-state index contributed by atoms with van der Waals surface area (Å²) in [4.78, 5) is 3.52. The van der Waals surface area contributed by atoms with Crippen molar-refractivity contribution >= 4 is 34.1 Å². The normalized spacial score (nSPS) is 11.1. The van der Waals surface area contributed by atoms with Gasteiger partial charge in [0.05, 0.1) is 10.5 Å². The number of para-hydroxylation sites is 1. The van der Waals surface area contributed by atoms with Gasteiger partial charge in [-0.1, -0.05) is 53.5 Å². The van der Waals surface area contributed by atoms with Gasteiger partial charge in [-0.3, -0.25) is 0 Å². The van der Waals surface area contributed by atoms with Crippen LogP contribution < -0.4 is 10.5 Å². The number of aromatic nitrogens is 1. The minimum atomic E-state index is 0.621. The number of hydrogen-bond acceptors (Lipinski definition) is 2. The number of benzene rings is 3. The molecule has 0 aliphatic carbocycles. The molecule has 0 bridgehead atoms. The molecule has 0 amide bonds. The Morgan fingerprint density at radius 3 is 2.45 bits per heavy atom. The van der Waals surface area contributed by atoms with E-state index >= 15 is 0 Å². The van der Waals surface area contributed by atoms with Gasteiger partial charge in [-0.05, 0) is 67.8 Å². The Labute approximate surface area is 180 Å². The average Bonchev–Trinajstić information content (AvgIpc) is 3.08. The van der Waals surface area contributed by atoms with Gasteiger partial charge in [-0.25, -0.2) is 0 Å². The van der Waals surface area contributed by atoms with Crippen molar-refractivity contribution in [2.75, 3.05) is 6.54 Å². The van der Waals surface area contributed by atoms with E-state index in [0.29, 0.717) is 16.6 Å². The zero-order chi connectivity index (χ0) is 20.2. The highest BCUT2D eigenvalue weighted by Gasteiger charge is 2.16. The molecule has 4 aromatic rings.